The van der Waals surface area contributed by atoms with Crippen molar-refractivity contribution in [3.8, 4) is 17.2 Å². The van der Waals surface area contributed by atoms with Gasteiger partial charge in [0.05, 0.1) is 38.0 Å². The molecule has 2 N–H and O–H groups in total. The van der Waals surface area contributed by atoms with Crippen LogP contribution in [-0.4, -0.2) is 44.1 Å². The van der Waals surface area contributed by atoms with Crippen LogP contribution in [0.25, 0.3) is 0 Å². The lowest BCUT2D eigenvalue weighted by Gasteiger charge is -2.11. The van der Waals surface area contributed by atoms with Gasteiger partial charge in [-0.3, -0.25) is 9.59 Å². The Kier molecular flexibility index (Phi) is 8.48. The number of hydrogen-bond acceptors (Lipinski definition) is 6. The van der Waals surface area contributed by atoms with Crippen LogP contribution in [0.15, 0.2) is 42.5 Å². The molecule has 28 heavy (non-hydrogen) atoms. The predicted molar refractivity (Wildman–Crippen MR) is 112 cm³/mol. The van der Waals surface area contributed by atoms with Gasteiger partial charge in [0.15, 0.2) is 0 Å². The van der Waals surface area contributed by atoms with Crippen molar-refractivity contribution >= 4 is 35.0 Å². The fraction of sp³-hybridized carbons (Fsp3) is 0.300. The van der Waals surface area contributed by atoms with E-state index in [0.29, 0.717) is 29.5 Å². The highest BCUT2D eigenvalue weighted by Crippen LogP contribution is 2.29. The number of carbonyl (C=O) groups is 2. The van der Waals surface area contributed by atoms with Crippen LogP contribution < -0.4 is 24.8 Å². The van der Waals surface area contributed by atoms with Crippen molar-refractivity contribution in [3.05, 3.63) is 42.5 Å². The molecular formula is C20H24N2O5S. The molecule has 0 bridgehead atoms. The quantitative estimate of drug-likeness (QED) is 0.631. The molecule has 7 nitrogen and oxygen atoms in total. The molecule has 0 aromatic heterocycles. The van der Waals surface area contributed by atoms with Crippen LogP contribution in [0.3, 0.4) is 0 Å². The Bertz CT molecular complexity index is 796. The number of hydrogen-bond donors (Lipinski definition) is 2. The number of benzene rings is 2. The number of methoxy groups -OCH3 is 2. The van der Waals surface area contributed by atoms with Gasteiger partial charge in [0.2, 0.25) is 11.8 Å². The predicted octanol–water partition coefficient (Wildman–Crippen LogP) is 3.41. The Balaban J connectivity index is 1.76. The second-order valence-electron chi connectivity index (χ2n) is 5.61. The van der Waals surface area contributed by atoms with Gasteiger partial charge in [0.25, 0.3) is 0 Å². The molecule has 0 heterocycles. The van der Waals surface area contributed by atoms with E-state index >= 15 is 0 Å². The first-order valence-electron chi connectivity index (χ1n) is 8.68. The second-order valence-corrected chi connectivity index (χ2v) is 6.60. The number of nitrogens with one attached hydrogen (secondary N) is 2. The highest BCUT2D eigenvalue weighted by molar-refractivity contribution is 8.00. The van der Waals surface area contributed by atoms with Gasteiger partial charge in [-0.25, -0.2) is 0 Å². The van der Waals surface area contributed by atoms with Crippen LogP contribution in [0.4, 0.5) is 11.4 Å². The molecule has 0 unspecified atom stereocenters. The molecule has 0 aliphatic heterocycles. The third-order valence-electron chi connectivity index (χ3n) is 3.60. The summed E-state index contributed by atoms with van der Waals surface area (Å²) in [5.74, 6) is 1.81. The van der Waals surface area contributed by atoms with Gasteiger partial charge in [-0.05, 0) is 43.3 Å². The van der Waals surface area contributed by atoms with Crippen LogP contribution in [0.5, 0.6) is 17.2 Å². The minimum absolute atomic E-state index is 0.145. The fourth-order valence-electron chi connectivity index (χ4n) is 2.32. The monoisotopic (exact) mass is 404 g/mol. The Morgan fingerprint density at radius 3 is 2.14 bits per heavy atom. The minimum atomic E-state index is -0.220. The summed E-state index contributed by atoms with van der Waals surface area (Å²) >= 11 is 1.23. The lowest BCUT2D eigenvalue weighted by Crippen LogP contribution is -2.18. The summed E-state index contributed by atoms with van der Waals surface area (Å²) in [5.41, 5.74) is 1.23. The summed E-state index contributed by atoms with van der Waals surface area (Å²) in [6.45, 7) is 2.50. The van der Waals surface area contributed by atoms with E-state index in [-0.39, 0.29) is 23.3 Å². The average molecular weight is 404 g/mol. The maximum absolute atomic E-state index is 12.1. The highest BCUT2D eigenvalue weighted by Gasteiger charge is 2.10. The number of thioether (sulfide) groups is 1. The average Bonchev–Trinajstić information content (AvgIpc) is 2.70. The molecule has 2 rings (SSSR count). The van der Waals surface area contributed by atoms with E-state index in [1.807, 2.05) is 6.92 Å². The molecule has 0 saturated carbocycles. The second kappa shape index (κ2) is 11.1. The highest BCUT2D eigenvalue weighted by atomic mass is 32.2. The molecule has 0 saturated heterocycles. The van der Waals surface area contributed by atoms with E-state index in [2.05, 4.69) is 10.6 Å². The van der Waals surface area contributed by atoms with E-state index < -0.39 is 0 Å². The summed E-state index contributed by atoms with van der Waals surface area (Å²) in [4.78, 5) is 24.1. The molecule has 150 valence electrons. The zero-order chi connectivity index (χ0) is 20.4. The van der Waals surface area contributed by atoms with Crippen molar-refractivity contribution in [2.24, 2.45) is 0 Å². The Hall–Kier alpha value is -2.87. The van der Waals surface area contributed by atoms with Crippen molar-refractivity contribution in [3.63, 3.8) is 0 Å². The third-order valence-corrected chi connectivity index (χ3v) is 4.53. The van der Waals surface area contributed by atoms with Crippen molar-refractivity contribution in [2.75, 3.05) is 43.0 Å². The first kappa shape index (κ1) is 21.4. The lowest BCUT2D eigenvalue weighted by molar-refractivity contribution is -0.114. The summed E-state index contributed by atoms with van der Waals surface area (Å²) in [6, 6.07) is 12.3. The largest absolute Gasteiger partial charge is 0.497 e. The maximum atomic E-state index is 12.1. The maximum Gasteiger partial charge on any atom is 0.234 e. The van der Waals surface area contributed by atoms with Crippen LogP contribution in [0.2, 0.25) is 0 Å². The fourth-order valence-corrected chi connectivity index (χ4v) is 2.94. The first-order valence-corrected chi connectivity index (χ1v) is 9.83. The zero-order valence-electron chi connectivity index (χ0n) is 16.1. The number of anilines is 2. The molecule has 2 aromatic carbocycles. The van der Waals surface area contributed by atoms with Crippen LogP contribution in [-0.2, 0) is 9.59 Å². The summed E-state index contributed by atoms with van der Waals surface area (Å²) in [7, 11) is 3.08. The van der Waals surface area contributed by atoms with E-state index in [4.69, 9.17) is 14.2 Å². The SMILES string of the molecule is CCOc1ccc(NC(=O)CSCC(=O)Nc2ccc(OC)cc2OC)cc1. The normalized spacial score (nSPS) is 10.1. The Morgan fingerprint density at radius 1 is 0.893 bits per heavy atom. The first-order chi connectivity index (χ1) is 13.5. The third kappa shape index (κ3) is 6.70. The molecule has 0 spiro atoms. The molecule has 0 fully saturated rings. The van der Waals surface area contributed by atoms with E-state index in [0.717, 1.165) is 5.75 Å². The Morgan fingerprint density at radius 2 is 1.54 bits per heavy atom. The molecule has 0 aliphatic rings. The van der Waals surface area contributed by atoms with Crippen LogP contribution in [0.1, 0.15) is 6.92 Å². The number of rotatable bonds is 10. The molecule has 2 amide bonds. The Labute approximate surface area is 168 Å². The van der Waals surface area contributed by atoms with Gasteiger partial charge < -0.3 is 24.8 Å². The minimum Gasteiger partial charge on any atom is -0.497 e. The van der Waals surface area contributed by atoms with Gasteiger partial charge in [-0.2, -0.15) is 0 Å². The zero-order valence-corrected chi connectivity index (χ0v) is 16.9. The van der Waals surface area contributed by atoms with Gasteiger partial charge in [-0.1, -0.05) is 0 Å². The smallest absolute Gasteiger partial charge is 0.234 e. The molecule has 0 atom stereocenters. The summed E-state index contributed by atoms with van der Waals surface area (Å²) < 4.78 is 15.7. The van der Waals surface area contributed by atoms with E-state index in [1.54, 1.807) is 49.6 Å². The van der Waals surface area contributed by atoms with Gasteiger partial charge in [0, 0.05) is 11.8 Å². The number of carbonyl (C=O) groups excluding carboxylic acids is 2. The molecule has 8 heteroatoms. The van der Waals surface area contributed by atoms with Gasteiger partial charge in [0.1, 0.15) is 17.2 Å². The topological polar surface area (TPSA) is 85.9 Å². The molecule has 2 aromatic rings. The van der Waals surface area contributed by atoms with Crippen LogP contribution in [0, 0.1) is 0 Å². The van der Waals surface area contributed by atoms with Crippen molar-refractivity contribution in [1.29, 1.82) is 0 Å². The standard InChI is InChI=1S/C20H24N2O5S/c1-4-27-15-7-5-14(6-8-15)21-19(23)12-28-13-20(24)22-17-10-9-16(25-2)11-18(17)26-3/h5-11H,4,12-13H2,1-3H3,(H,21,23)(H,22,24). The van der Waals surface area contributed by atoms with Crippen molar-refractivity contribution in [1.82, 2.24) is 0 Å². The lowest BCUT2D eigenvalue weighted by atomic mass is 10.2. The van der Waals surface area contributed by atoms with E-state index in [9.17, 15) is 9.59 Å². The molecular weight excluding hydrogens is 380 g/mol. The van der Waals surface area contributed by atoms with Gasteiger partial charge >= 0.3 is 0 Å². The van der Waals surface area contributed by atoms with Crippen molar-refractivity contribution < 1.29 is 23.8 Å². The van der Waals surface area contributed by atoms with Gasteiger partial charge in [-0.15, -0.1) is 11.8 Å². The van der Waals surface area contributed by atoms with Crippen molar-refractivity contribution in [2.45, 2.75) is 6.92 Å². The summed E-state index contributed by atoms with van der Waals surface area (Å²) in [5, 5.41) is 5.55. The molecule has 0 radical (unpaired) electrons. The van der Waals surface area contributed by atoms with E-state index in [1.165, 1.54) is 18.9 Å². The number of amides is 2. The van der Waals surface area contributed by atoms with Crippen LogP contribution >= 0.6 is 11.8 Å². The number of ether oxygens (including phenoxy) is 3. The summed E-state index contributed by atoms with van der Waals surface area (Å²) in [6.07, 6.45) is 0. The molecule has 0 aliphatic carbocycles.